The molecule has 2 bridgehead atoms. The van der Waals surface area contributed by atoms with Crippen molar-refractivity contribution in [2.45, 2.75) is 31.3 Å². The number of piperazine rings is 1. The highest BCUT2D eigenvalue weighted by Gasteiger charge is 2.40. The molecular weight excluding hydrogens is 504 g/mol. The van der Waals surface area contributed by atoms with E-state index in [4.69, 9.17) is 5.73 Å². The van der Waals surface area contributed by atoms with E-state index < -0.39 is 0 Å². The van der Waals surface area contributed by atoms with Crippen molar-refractivity contribution in [1.82, 2.24) is 25.4 Å². The van der Waals surface area contributed by atoms with Gasteiger partial charge in [0.1, 0.15) is 11.4 Å². The van der Waals surface area contributed by atoms with Crippen molar-refractivity contribution in [2.75, 3.05) is 55.3 Å². The predicted molar refractivity (Wildman–Crippen MR) is 155 cm³/mol. The van der Waals surface area contributed by atoms with Gasteiger partial charge in [-0.15, -0.1) is 10.2 Å². The molecule has 4 N–H and O–H groups in total. The van der Waals surface area contributed by atoms with Crippen LogP contribution in [0, 0.1) is 17.8 Å². The van der Waals surface area contributed by atoms with E-state index in [1.165, 1.54) is 0 Å². The number of aromatic hydroxyl groups is 1. The number of nitrogens with one attached hydrogen (secondary N) is 1. The zero-order valence-electron chi connectivity index (χ0n) is 22.6. The van der Waals surface area contributed by atoms with Gasteiger partial charge in [0, 0.05) is 56.2 Å². The molecule has 3 aliphatic rings. The fourth-order valence-electron chi connectivity index (χ4n) is 6.27. The number of benzene rings is 1. The molecule has 5 heterocycles. The molecule has 3 aromatic rings. The molecule has 3 fully saturated rings. The van der Waals surface area contributed by atoms with Crippen molar-refractivity contribution >= 4 is 23.1 Å². The minimum atomic E-state index is 0.0535. The number of hydrogen-bond donors (Lipinski definition) is 3. The number of fused-ring (bicyclic) bond motifs is 2. The van der Waals surface area contributed by atoms with Crippen molar-refractivity contribution in [1.29, 1.82) is 0 Å². The Morgan fingerprint density at radius 3 is 2.67 bits per heavy atom. The second kappa shape index (κ2) is 11.0. The number of likely N-dealkylation sites (tertiary alicyclic amines) is 1. The van der Waals surface area contributed by atoms with E-state index in [9.17, 15) is 9.90 Å². The van der Waals surface area contributed by atoms with Crippen molar-refractivity contribution in [3.05, 3.63) is 54.4 Å². The van der Waals surface area contributed by atoms with Crippen LogP contribution in [0.25, 0.3) is 11.3 Å². The van der Waals surface area contributed by atoms with E-state index in [-0.39, 0.29) is 17.6 Å². The Bertz CT molecular complexity index is 1450. The van der Waals surface area contributed by atoms with Crippen molar-refractivity contribution in [2.24, 2.45) is 5.92 Å². The number of nitrogens with two attached hydrogens (primary N) is 1. The fourth-order valence-corrected chi connectivity index (χ4v) is 6.27. The Morgan fingerprint density at radius 2 is 1.90 bits per heavy atom. The molecule has 40 heavy (non-hydrogen) atoms. The molecule has 3 atom stereocenters. The standard InChI is InChI=1S/C30H34N8O2/c1-32-30(40)20-11-14-36(17-20)13-4-5-21-15-22(10-12-33-21)38-23-8-9-24(38)19-37(18-23)27-16-26(34-35-29(27)31)25-6-2-3-7-28(25)39/h2-3,6-7,10,12,15-16,20,23-24,39H,8-9,11,13-14,17-19H2,1H3,(H2,31,35)(H,32,40)/t20-,23?,24?/m0/s1. The van der Waals surface area contributed by atoms with Crippen molar-refractivity contribution < 1.29 is 9.90 Å². The molecule has 6 rings (SSSR count). The lowest BCUT2D eigenvalue weighted by molar-refractivity contribution is -0.124. The van der Waals surface area contributed by atoms with Gasteiger partial charge in [0.25, 0.3) is 0 Å². The zero-order valence-corrected chi connectivity index (χ0v) is 22.6. The molecule has 3 aliphatic heterocycles. The van der Waals surface area contributed by atoms with Gasteiger partial charge in [-0.05, 0) is 62.1 Å². The van der Waals surface area contributed by atoms with Gasteiger partial charge >= 0.3 is 0 Å². The number of nitrogen functional groups attached to an aromatic ring is 1. The molecule has 10 nitrogen and oxygen atoms in total. The average Bonchev–Trinajstić information content (AvgIpc) is 3.55. The van der Waals surface area contributed by atoms with E-state index in [0.29, 0.717) is 35.7 Å². The molecule has 0 radical (unpaired) electrons. The Kier molecular flexibility index (Phi) is 7.13. The summed E-state index contributed by atoms with van der Waals surface area (Å²) in [5, 5.41) is 21.5. The molecule has 1 amide bonds. The van der Waals surface area contributed by atoms with Crippen LogP contribution in [-0.4, -0.2) is 83.0 Å². The Hall–Kier alpha value is -4.36. The van der Waals surface area contributed by atoms with Gasteiger partial charge in [-0.25, -0.2) is 4.98 Å². The number of carbonyl (C=O) groups excluding carboxylic acids is 1. The Morgan fingerprint density at radius 1 is 1.10 bits per heavy atom. The minimum absolute atomic E-state index is 0.0535. The van der Waals surface area contributed by atoms with Crippen LogP contribution < -0.4 is 20.9 Å². The summed E-state index contributed by atoms with van der Waals surface area (Å²) in [5.74, 6) is 7.22. The number of amides is 1. The zero-order chi connectivity index (χ0) is 27.6. The molecular formula is C30H34N8O2. The van der Waals surface area contributed by atoms with Crippen LogP contribution in [-0.2, 0) is 4.79 Å². The molecule has 10 heteroatoms. The number of carbonyl (C=O) groups is 1. The van der Waals surface area contributed by atoms with Crippen LogP contribution in [0.5, 0.6) is 5.75 Å². The van der Waals surface area contributed by atoms with Crippen molar-refractivity contribution in [3.63, 3.8) is 0 Å². The third-order valence-corrected chi connectivity index (χ3v) is 8.25. The van der Waals surface area contributed by atoms with E-state index in [2.05, 4.69) is 59.2 Å². The largest absolute Gasteiger partial charge is 0.507 e. The maximum atomic E-state index is 11.9. The van der Waals surface area contributed by atoms with Gasteiger partial charge in [0.05, 0.1) is 23.8 Å². The topological polar surface area (TPSA) is 124 Å². The first-order valence-corrected chi connectivity index (χ1v) is 13.8. The number of rotatable bonds is 5. The van der Waals surface area contributed by atoms with Crippen LogP contribution in [0.15, 0.2) is 48.7 Å². The first-order valence-electron chi connectivity index (χ1n) is 13.8. The molecule has 0 spiro atoms. The minimum Gasteiger partial charge on any atom is -0.507 e. The summed E-state index contributed by atoms with van der Waals surface area (Å²) in [6.45, 7) is 3.91. The fraction of sp³-hybridized carbons (Fsp3) is 0.400. The monoisotopic (exact) mass is 538 g/mol. The SMILES string of the molecule is CNC(=O)[C@H]1CCN(CC#Cc2cc(N3C4CCC3CN(c3cc(-c5ccccc5O)nnc3N)C4)ccn2)C1. The van der Waals surface area contributed by atoms with Gasteiger partial charge in [-0.1, -0.05) is 18.1 Å². The van der Waals surface area contributed by atoms with Crippen LogP contribution >= 0.6 is 0 Å². The second-order valence-electron chi connectivity index (χ2n) is 10.8. The number of anilines is 3. The molecule has 2 aromatic heterocycles. The number of pyridine rings is 1. The van der Waals surface area contributed by atoms with Crippen LogP contribution in [0.4, 0.5) is 17.2 Å². The lowest BCUT2D eigenvalue weighted by Crippen LogP contribution is -2.54. The van der Waals surface area contributed by atoms with Gasteiger partial charge < -0.3 is 26.0 Å². The van der Waals surface area contributed by atoms with Crippen LogP contribution in [0.1, 0.15) is 25.0 Å². The van der Waals surface area contributed by atoms with E-state index >= 15 is 0 Å². The second-order valence-corrected chi connectivity index (χ2v) is 10.8. The maximum absolute atomic E-state index is 11.9. The average molecular weight is 539 g/mol. The summed E-state index contributed by atoms with van der Waals surface area (Å²) in [5.41, 5.74) is 10.3. The molecule has 3 saturated heterocycles. The maximum Gasteiger partial charge on any atom is 0.224 e. The summed E-state index contributed by atoms with van der Waals surface area (Å²) < 4.78 is 0. The van der Waals surface area contributed by atoms with Gasteiger partial charge in [-0.3, -0.25) is 9.69 Å². The first kappa shape index (κ1) is 25.9. The van der Waals surface area contributed by atoms with Gasteiger partial charge in [-0.2, -0.15) is 0 Å². The number of phenols is 1. The van der Waals surface area contributed by atoms with E-state index in [1.54, 1.807) is 19.2 Å². The Labute approximate surface area is 234 Å². The molecule has 1 aromatic carbocycles. The lowest BCUT2D eigenvalue weighted by Gasteiger charge is -2.43. The summed E-state index contributed by atoms with van der Waals surface area (Å²) in [7, 11) is 1.69. The van der Waals surface area contributed by atoms with E-state index in [0.717, 1.165) is 62.5 Å². The Balaban J connectivity index is 1.15. The van der Waals surface area contributed by atoms with Gasteiger partial charge in [0.15, 0.2) is 5.82 Å². The van der Waals surface area contributed by atoms with Crippen molar-refractivity contribution in [3.8, 4) is 28.8 Å². The van der Waals surface area contributed by atoms with Gasteiger partial charge in [0.2, 0.25) is 5.91 Å². The lowest BCUT2D eigenvalue weighted by atomic mass is 10.1. The summed E-state index contributed by atoms with van der Waals surface area (Å²) in [6.07, 6.45) is 4.90. The number of para-hydroxylation sites is 1. The molecule has 2 unspecified atom stereocenters. The molecule has 206 valence electrons. The summed E-state index contributed by atoms with van der Waals surface area (Å²) in [6, 6.07) is 13.9. The number of aromatic nitrogens is 3. The molecule has 0 saturated carbocycles. The van der Waals surface area contributed by atoms with Crippen LogP contribution in [0.3, 0.4) is 0 Å². The molecule has 0 aliphatic carbocycles. The smallest absolute Gasteiger partial charge is 0.224 e. The first-order chi connectivity index (χ1) is 19.5. The van der Waals surface area contributed by atoms with E-state index in [1.807, 2.05) is 24.4 Å². The number of hydrogen-bond acceptors (Lipinski definition) is 9. The third-order valence-electron chi connectivity index (χ3n) is 8.25. The van der Waals surface area contributed by atoms with Crippen LogP contribution in [0.2, 0.25) is 0 Å². The highest BCUT2D eigenvalue weighted by atomic mass is 16.3. The third kappa shape index (κ3) is 5.12. The number of phenolic OH excluding ortho intramolecular Hbond substituents is 1. The predicted octanol–water partition coefficient (Wildman–Crippen LogP) is 2.10. The highest BCUT2D eigenvalue weighted by Crippen LogP contribution is 2.39. The summed E-state index contributed by atoms with van der Waals surface area (Å²) >= 11 is 0. The quantitative estimate of drug-likeness (QED) is 0.419. The summed E-state index contributed by atoms with van der Waals surface area (Å²) in [4.78, 5) is 23.4. The highest BCUT2D eigenvalue weighted by molar-refractivity contribution is 5.79. The number of nitrogens with zero attached hydrogens (tertiary/aromatic N) is 6. The normalized spacial score (nSPS) is 22.2.